The molecule has 1 aromatic carbocycles. The molecule has 4 rings (SSSR count). The van der Waals surface area contributed by atoms with Crippen LogP contribution in [0.15, 0.2) is 23.1 Å². The summed E-state index contributed by atoms with van der Waals surface area (Å²) < 4.78 is 19.1. The molecule has 0 aromatic heterocycles. The molecule has 1 aromatic rings. The Labute approximate surface area is 182 Å². The van der Waals surface area contributed by atoms with Gasteiger partial charge in [-0.2, -0.15) is 0 Å². The van der Waals surface area contributed by atoms with Crippen molar-refractivity contribution in [1.29, 1.82) is 5.41 Å². The number of hydrogen-bond donors (Lipinski definition) is 2. The van der Waals surface area contributed by atoms with E-state index < -0.39 is 0 Å². The maximum atomic E-state index is 13.8. The van der Waals surface area contributed by atoms with Gasteiger partial charge in [-0.25, -0.2) is 9.18 Å². The quantitative estimate of drug-likeness (QED) is 0.690. The molecule has 0 radical (unpaired) electrons. The summed E-state index contributed by atoms with van der Waals surface area (Å²) in [5.74, 6) is -0.153. The molecule has 1 aliphatic carbocycles. The number of benzene rings is 1. The van der Waals surface area contributed by atoms with Gasteiger partial charge in [0.25, 0.3) is 0 Å². The average molecular weight is 438 g/mol. The second-order valence-corrected chi connectivity index (χ2v) is 8.94. The number of hydrogen-bond acceptors (Lipinski definition) is 6. The van der Waals surface area contributed by atoms with Gasteiger partial charge >= 0.3 is 6.09 Å². The number of carbonyl (C=O) groups is 1. The number of amides is 1. The normalized spacial score (nSPS) is 20.3. The molecule has 2 aliphatic heterocycles. The van der Waals surface area contributed by atoms with E-state index in [2.05, 4.69) is 0 Å². The van der Waals surface area contributed by atoms with Crippen LogP contribution in [0.5, 0.6) is 0 Å². The lowest BCUT2D eigenvalue weighted by atomic mass is 9.96. The number of piperidine rings is 2. The molecule has 166 valence electrons. The number of rotatable bonds is 3. The number of nitrogens with one attached hydrogen (secondary N) is 1. The van der Waals surface area contributed by atoms with Crippen LogP contribution in [0.3, 0.4) is 0 Å². The van der Waals surface area contributed by atoms with Gasteiger partial charge < -0.3 is 25.1 Å². The van der Waals surface area contributed by atoms with Crippen molar-refractivity contribution in [2.45, 2.75) is 62.0 Å². The molecule has 3 fully saturated rings. The zero-order chi connectivity index (χ0) is 21.5. The van der Waals surface area contributed by atoms with Crippen molar-refractivity contribution in [1.82, 2.24) is 4.90 Å². The van der Waals surface area contributed by atoms with Crippen LogP contribution in [0.4, 0.5) is 14.9 Å². The van der Waals surface area contributed by atoms with Crippen molar-refractivity contribution < 1.29 is 19.0 Å². The summed E-state index contributed by atoms with van der Waals surface area (Å²) in [6.07, 6.45) is 7.75. The van der Waals surface area contributed by atoms with Gasteiger partial charge in [0.2, 0.25) is 0 Å². The fraction of sp³-hybridized carbons (Fsp3) is 0.636. The smallest absolute Gasteiger partial charge is 0.410 e. The summed E-state index contributed by atoms with van der Waals surface area (Å²) in [7, 11) is 0. The molecule has 1 saturated carbocycles. The Morgan fingerprint density at radius 1 is 1.17 bits per heavy atom. The number of carbonyl (C=O) groups excluding carboxylic acids is 1. The molecule has 3 aliphatic rings. The molecule has 0 atom stereocenters. The predicted molar refractivity (Wildman–Crippen MR) is 118 cm³/mol. The molecule has 2 saturated heterocycles. The largest absolute Gasteiger partial charge is 0.446 e. The first-order valence-electron chi connectivity index (χ1n) is 10.7. The van der Waals surface area contributed by atoms with E-state index in [4.69, 9.17) is 10.1 Å². The van der Waals surface area contributed by atoms with Gasteiger partial charge in [-0.15, -0.1) is 11.8 Å². The second-order valence-electron chi connectivity index (χ2n) is 8.06. The lowest BCUT2D eigenvalue weighted by molar-refractivity contribution is 0.0123. The van der Waals surface area contributed by atoms with Crippen molar-refractivity contribution >= 4 is 29.3 Å². The van der Waals surface area contributed by atoms with Crippen molar-refractivity contribution in [3.05, 3.63) is 24.0 Å². The number of nitrogens with zero attached hydrogens (tertiary/aromatic N) is 2. The Kier molecular flexibility index (Phi) is 8.39. The van der Waals surface area contributed by atoms with E-state index in [0.29, 0.717) is 31.6 Å². The third-order valence-corrected chi connectivity index (χ3v) is 6.63. The van der Waals surface area contributed by atoms with Crippen molar-refractivity contribution in [2.75, 3.05) is 37.3 Å². The van der Waals surface area contributed by atoms with Crippen molar-refractivity contribution in [3.63, 3.8) is 0 Å². The van der Waals surface area contributed by atoms with E-state index in [0.717, 1.165) is 49.4 Å². The lowest BCUT2D eigenvalue weighted by Gasteiger charge is -2.32. The summed E-state index contributed by atoms with van der Waals surface area (Å²) in [6, 6.07) is 5.37. The fourth-order valence-corrected chi connectivity index (χ4v) is 4.07. The number of halogens is 1. The first-order chi connectivity index (χ1) is 14.5. The van der Waals surface area contributed by atoms with E-state index in [-0.39, 0.29) is 24.1 Å². The van der Waals surface area contributed by atoms with Crippen LogP contribution < -0.4 is 4.90 Å². The highest BCUT2D eigenvalue weighted by Crippen LogP contribution is 2.26. The highest BCUT2D eigenvalue weighted by Gasteiger charge is 2.27. The number of aliphatic hydroxyl groups is 1. The number of ether oxygens (including phenoxy) is 1. The van der Waals surface area contributed by atoms with Crippen LogP contribution >= 0.6 is 11.8 Å². The van der Waals surface area contributed by atoms with Crippen LogP contribution in [-0.2, 0) is 4.74 Å². The molecule has 8 heteroatoms. The Morgan fingerprint density at radius 3 is 2.37 bits per heavy atom. The van der Waals surface area contributed by atoms with Gasteiger partial charge in [0.05, 0.1) is 11.8 Å². The van der Waals surface area contributed by atoms with Gasteiger partial charge in [-0.3, -0.25) is 0 Å². The maximum Gasteiger partial charge on any atom is 0.410 e. The summed E-state index contributed by atoms with van der Waals surface area (Å²) in [4.78, 5) is 16.2. The summed E-state index contributed by atoms with van der Waals surface area (Å²) in [5.41, 5.74) is 1.45. The standard InChI is InChI=1S/C12H15FN2S.C10H17NO3/c1-16-10-2-3-12(11(13)8-10)15-6-4-9(14)5-7-15;12-8-4-6-11(7-5-8)10(13)14-9-2-1-3-9/h2-3,8,14H,4-7H2,1H3;8-9,12H,1-7H2. The summed E-state index contributed by atoms with van der Waals surface area (Å²) >= 11 is 1.55. The van der Waals surface area contributed by atoms with E-state index in [1.165, 1.54) is 6.42 Å². The lowest BCUT2D eigenvalue weighted by Crippen LogP contribution is -2.42. The minimum atomic E-state index is -0.234. The van der Waals surface area contributed by atoms with Gasteiger partial charge in [0.15, 0.2) is 0 Å². The first kappa shape index (κ1) is 22.9. The van der Waals surface area contributed by atoms with Crippen molar-refractivity contribution in [3.8, 4) is 0 Å². The minimum absolute atomic E-state index is 0.153. The van der Waals surface area contributed by atoms with Crippen LogP contribution in [0.1, 0.15) is 44.9 Å². The van der Waals surface area contributed by atoms with Gasteiger partial charge in [-0.05, 0) is 56.6 Å². The van der Waals surface area contributed by atoms with Crippen molar-refractivity contribution in [2.24, 2.45) is 0 Å². The molecule has 6 nitrogen and oxygen atoms in total. The van der Waals surface area contributed by atoms with Gasteiger partial charge in [-0.1, -0.05) is 0 Å². The molecule has 0 spiro atoms. The SMILES string of the molecule is CSc1ccc(N2CCC(=N)CC2)c(F)c1.O=C(OC1CCC1)N1CCC(O)CC1. The highest BCUT2D eigenvalue weighted by molar-refractivity contribution is 7.98. The molecular formula is C22H32FN3O3S. The number of thioether (sulfide) groups is 1. The van der Waals surface area contributed by atoms with Crippen LogP contribution in [0, 0.1) is 11.2 Å². The Hall–Kier alpha value is -1.80. The maximum absolute atomic E-state index is 13.8. The fourth-order valence-electron chi connectivity index (χ4n) is 3.64. The zero-order valence-corrected chi connectivity index (χ0v) is 18.4. The van der Waals surface area contributed by atoms with Gasteiger partial charge in [0.1, 0.15) is 11.9 Å². The predicted octanol–water partition coefficient (Wildman–Crippen LogP) is 4.30. The summed E-state index contributed by atoms with van der Waals surface area (Å²) in [6.45, 7) is 2.78. The third-order valence-electron chi connectivity index (χ3n) is 5.90. The minimum Gasteiger partial charge on any atom is -0.446 e. The third kappa shape index (κ3) is 6.35. The molecule has 2 heterocycles. The molecule has 0 unspecified atom stereocenters. The first-order valence-corrected chi connectivity index (χ1v) is 12.0. The number of aliphatic hydroxyl groups excluding tert-OH is 1. The number of anilines is 1. The topological polar surface area (TPSA) is 76.9 Å². The molecule has 0 bridgehead atoms. The second kappa shape index (κ2) is 11.0. The monoisotopic (exact) mass is 437 g/mol. The van der Waals surface area contributed by atoms with E-state index in [1.807, 2.05) is 23.3 Å². The van der Waals surface area contributed by atoms with Gasteiger partial charge in [0, 0.05) is 49.6 Å². The Balaban J connectivity index is 0.000000172. The molecular weight excluding hydrogens is 405 g/mol. The van der Waals surface area contributed by atoms with E-state index in [1.54, 1.807) is 22.7 Å². The van der Waals surface area contributed by atoms with Crippen LogP contribution in [0.25, 0.3) is 0 Å². The molecule has 30 heavy (non-hydrogen) atoms. The zero-order valence-electron chi connectivity index (χ0n) is 17.6. The molecule has 2 N–H and O–H groups in total. The molecule has 1 amide bonds. The highest BCUT2D eigenvalue weighted by atomic mass is 32.2. The van der Waals surface area contributed by atoms with Crippen LogP contribution in [-0.4, -0.2) is 66.5 Å². The summed E-state index contributed by atoms with van der Waals surface area (Å²) in [5, 5.41) is 16.8. The average Bonchev–Trinajstić information content (AvgIpc) is 2.72. The van der Waals surface area contributed by atoms with E-state index >= 15 is 0 Å². The number of likely N-dealkylation sites (tertiary alicyclic amines) is 1. The van der Waals surface area contributed by atoms with Crippen LogP contribution in [0.2, 0.25) is 0 Å². The Bertz CT molecular complexity index is 726. The van der Waals surface area contributed by atoms with E-state index in [9.17, 15) is 14.3 Å². The Morgan fingerprint density at radius 2 is 1.83 bits per heavy atom.